The van der Waals surface area contributed by atoms with E-state index in [0.717, 1.165) is 31.2 Å². The lowest BCUT2D eigenvalue weighted by atomic mass is 10.2. The summed E-state index contributed by atoms with van der Waals surface area (Å²) in [7, 11) is 5.86. The molecule has 23 heavy (non-hydrogen) atoms. The van der Waals surface area contributed by atoms with Gasteiger partial charge in [0.1, 0.15) is 11.6 Å². The zero-order valence-corrected chi connectivity index (χ0v) is 15.4. The van der Waals surface area contributed by atoms with Crippen molar-refractivity contribution in [3.8, 4) is 5.75 Å². The van der Waals surface area contributed by atoms with Gasteiger partial charge in [-0.05, 0) is 43.9 Å². The molecule has 0 spiro atoms. The third-order valence-corrected chi connectivity index (χ3v) is 3.32. The van der Waals surface area contributed by atoms with E-state index in [9.17, 15) is 0 Å². The van der Waals surface area contributed by atoms with E-state index in [2.05, 4.69) is 47.1 Å². The van der Waals surface area contributed by atoms with Crippen molar-refractivity contribution in [1.29, 1.82) is 0 Å². The Balaban J connectivity index is 0.00000242. The molecule has 2 rings (SSSR count). The van der Waals surface area contributed by atoms with Crippen molar-refractivity contribution >= 4 is 30.6 Å². The van der Waals surface area contributed by atoms with Crippen LogP contribution < -0.4 is 9.64 Å². The molecule has 0 atom stereocenters. The molecule has 6 heteroatoms. The SMILES string of the molecule is COc1ccc(CN(CCN(C)C)c2ccccn2)cc1.Cl.Cl. The highest BCUT2D eigenvalue weighted by atomic mass is 35.5. The molecule has 0 bridgehead atoms. The number of aromatic nitrogens is 1. The second kappa shape index (κ2) is 11.1. The van der Waals surface area contributed by atoms with E-state index in [0.29, 0.717) is 0 Å². The number of likely N-dealkylation sites (N-methyl/N-ethyl adjacent to an activating group) is 1. The Kier molecular flexibility index (Phi) is 10.4. The summed E-state index contributed by atoms with van der Waals surface area (Å²) >= 11 is 0. The quantitative estimate of drug-likeness (QED) is 0.758. The molecule has 0 aliphatic heterocycles. The van der Waals surface area contributed by atoms with E-state index in [1.165, 1.54) is 5.56 Å². The first-order valence-corrected chi connectivity index (χ1v) is 7.12. The average Bonchev–Trinajstić information content (AvgIpc) is 2.52. The van der Waals surface area contributed by atoms with Gasteiger partial charge >= 0.3 is 0 Å². The van der Waals surface area contributed by atoms with Crippen LogP contribution in [0.1, 0.15) is 5.56 Å². The lowest BCUT2D eigenvalue weighted by Crippen LogP contribution is -2.31. The predicted octanol–water partition coefficient (Wildman–Crippen LogP) is 3.50. The molecule has 128 valence electrons. The number of methoxy groups -OCH3 is 1. The minimum absolute atomic E-state index is 0. The van der Waals surface area contributed by atoms with Crippen molar-refractivity contribution in [3.05, 3.63) is 54.2 Å². The summed E-state index contributed by atoms with van der Waals surface area (Å²) in [5.41, 5.74) is 1.25. The maximum Gasteiger partial charge on any atom is 0.128 e. The molecule has 1 heterocycles. The smallest absolute Gasteiger partial charge is 0.128 e. The number of nitrogens with zero attached hydrogens (tertiary/aromatic N) is 3. The van der Waals surface area contributed by atoms with Crippen molar-refractivity contribution in [1.82, 2.24) is 9.88 Å². The van der Waals surface area contributed by atoms with E-state index in [4.69, 9.17) is 4.74 Å². The van der Waals surface area contributed by atoms with E-state index in [1.54, 1.807) is 7.11 Å². The van der Waals surface area contributed by atoms with Gasteiger partial charge in [0.05, 0.1) is 7.11 Å². The zero-order chi connectivity index (χ0) is 15.1. The number of hydrogen-bond acceptors (Lipinski definition) is 4. The summed E-state index contributed by atoms with van der Waals surface area (Å²) in [6.07, 6.45) is 1.84. The summed E-state index contributed by atoms with van der Waals surface area (Å²) in [5.74, 6) is 1.89. The summed E-state index contributed by atoms with van der Waals surface area (Å²) in [6.45, 7) is 2.78. The Bertz CT molecular complexity index is 535. The monoisotopic (exact) mass is 357 g/mol. The average molecular weight is 358 g/mol. The molecule has 0 saturated carbocycles. The number of anilines is 1. The number of hydrogen-bond donors (Lipinski definition) is 0. The third kappa shape index (κ3) is 7.08. The number of rotatable bonds is 7. The minimum Gasteiger partial charge on any atom is -0.497 e. The van der Waals surface area contributed by atoms with Gasteiger partial charge < -0.3 is 14.5 Å². The van der Waals surface area contributed by atoms with Crippen molar-refractivity contribution in [2.75, 3.05) is 39.2 Å². The van der Waals surface area contributed by atoms with E-state index >= 15 is 0 Å². The highest BCUT2D eigenvalue weighted by molar-refractivity contribution is 5.85. The molecule has 0 fully saturated rings. The third-order valence-electron chi connectivity index (χ3n) is 3.32. The van der Waals surface area contributed by atoms with Crippen LogP contribution >= 0.6 is 24.8 Å². The topological polar surface area (TPSA) is 28.6 Å². The normalized spacial score (nSPS) is 9.74. The summed E-state index contributed by atoms with van der Waals surface area (Å²) in [4.78, 5) is 8.95. The lowest BCUT2D eigenvalue weighted by Gasteiger charge is -2.25. The van der Waals surface area contributed by atoms with E-state index < -0.39 is 0 Å². The molecular formula is C17H25Cl2N3O. The highest BCUT2D eigenvalue weighted by Gasteiger charge is 2.09. The number of ether oxygens (including phenoxy) is 1. The van der Waals surface area contributed by atoms with Crippen LogP contribution in [0.15, 0.2) is 48.7 Å². The molecule has 1 aromatic carbocycles. The number of benzene rings is 1. The van der Waals surface area contributed by atoms with Gasteiger partial charge in [0.25, 0.3) is 0 Å². The molecule has 0 N–H and O–H groups in total. The van der Waals surface area contributed by atoms with Crippen molar-refractivity contribution in [3.63, 3.8) is 0 Å². The van der Waals surface area contributed by atoms with Gasteiger partial charge in [-0.25, -0.2) is 4.98 Å². The Labute approximate surface area is 151 Å². The highest BCUT2D eigenvalue weighted by Crippen LogP contribution is 2.16. The fraction of sp³-hybridized carbons (Fsp3) is 0.353. The molecule has 2 aromatic rings. The van der Waals surface area contributed by atoms with Gasteiger partial charge in [-0.2, -0.15) is 0 Å². The molecule has 1 aromatic heterocycles. The lowest BCUT2D eigenvalue weighted by molar-refractivity contribution is 0.411. The molecule has 0 saturated heterocycles. The second-order valence-corrected chi connectivity index (χ2v) is 5.26. The maximum absolute atomic E-state index is 5.21. The van der Waals surface area contributed by atoms with Gasteiger partial charge in [-0.3, -0.25) is 0 Å². The van der Waals surface area contributed by atoms with E-state index in [1.807, 2.05) is 30.5 Å². The largest absolute Gasteiger partial charge is 0.497 e. The zero-order valence-electron chi connectivity index (χ0n) is 13.8. The maximum atomic E-state index is 5.21. The molecule has 0 amide bonds. The van der Waals surface area contributed by atoms with Crippen LogP contribution in [-0.4, -0.2) is 44.2 Å². The molecular weight excluding hydrogens is 333 g/mol. The van der Waals surface area contributed by atoms with Crippen LogP contribution in [-0.2, 0) is 6.54 Å². The van der Waals surface area contributed by atoms with Gasteiger partial charge in [0.2, 0.25) is 0 Å². The van der Waals surface area contributed by atoms with Gasteiger partial charge in [-0.1, -0.05) is 18.2 Å². The van der Waals surface area contributed by atoms with Crippen LogP contribution in [0.25, 0.3) is 0 Å². The Morgan fingerprint density at radius 3 is 2.17 bits per heavy atom. The Morgan fingerprint density at radius 2 is 1.65 bits per heavy atom. The number of halogens is 2. The Morgan fingerprint density at radius 1 is 0.957 bits per heavy atom. The first-order valence-electron chi connectivity index (χ1n) is 7.12. The van der Waals surface area contributed by atoms with Gasteiger partial charge in [0.15, 0.2) is 0 Å². The molecule has 0 radical (unpaired) electrons. The fourth-order valence-electron chi connectivity index (χ4n) is 2.09. The second-order valence-electron chi connectivity index (χ2n) is 5.26. The first-order chi connectivity index (χ1) is 10.2. The van der Waals surface area contributed by atoms with Crippen LogP contribution in [0, 0.1) is 0 Å². The molecule has 0 aliphatic carbocycles. The van der Waals surface area contributed by atoms with Gasteiger partial charge in [0, 0.05) is 25.8 Å². The predicted molar refractivity (Wildman–Crippen MR) is 101 cm³/mol. The number of pyridine rings is 1. The molecule has 4 nitrogen and oxygen atoms in total. The summed E-state index contributed by atoms with van der Waals surface area (Å²) in [5, 5.41) is 0. The van der Waals surface area contributed by atoms with Crippen LogP contribution in [0.4, 0.5) is 5.82 Å². The molecule has 0 aliphatic rings. The Hall–Kier alpha value is -1.49. The van der Waals surface area contributed by atoms with Crippen LogP contribution in [0.3, 0.4) is 0 Å². The first kappa shape index (κ1) is 21.5. The van der Waals surface area contributed by atoms with Crippen molar-refractivity contribution in [2.24, 2.45) is 0 Å². The van der Waals surface area contributed by atoms with Crippen molar-refractivity contribution in [2.45, 2.75) is 6.54 Å². The standard InChI is InChI=1S/C17H23N3O.2ClH/c1-19(2)12-13-20(17-6-4-5-11-18-17)14-15-7-9-16(21-3)10-8-15;;/h4-11H,12-14H2,1-3H3;2*1H. The summed E-state index contributed by atoms with van der Waals surface area (Å²) < 4.78 is 5.21. The molecule has 0 unspecified atom stereocenters. The van der Waals surface area contributed by atoms with Crippen LogP contribution in [0.5, 0.6) is 5.75 Å². The van der Waals surface area contributed by atoms with Crippen molar-refractivity contribution < 1.29 is 4.74 Å². The van der Waals surface area contributed by atoms with E-state index in [-0.39, 0.29) is 24.8 Å². The minimum atomic E-state index is 0. The fourth-order valence-corrected chi connectivity index (χ4v) is 2.09. The van der Waals surface area contributed by atoms with Crippen LogP contribution in [0.2, 0.25) is 0 Å². The van der Waals surface area contributed by atoms with Gasteiger partial charge in [-0.15, -0.1) is 24.8 Å². The summed E-state index contributed by atoms with van der Waals surface area (Å²) in [6, 6.07) is 14.2.